The molecule has 0 spiro atoms. The van der Waals surface area contributed by atoms with E-state index in [-0.39, 0.29) is 34.4 Å². The van der Waals surface area contributed by atoms with Gasteiger partial charge in [-0.25, -0.2) is 9.59 Å². The van der Waals surface area contributed by atoms with Crippen LogP contribution < -0.4 is 4.74 Å². The standard InChI is InChI=1S/C34H58BNO7Si2/c1-31(2,3)40-29(37)24-18-16-17-22(28(24)39-30(38)41-32(4,5)6)19-27(36(44(10,11)12)45(13,14)15)35-42-26-21-23-20-25(33(23,7)8)34(26,9)43-35/h16-18,23,25-27H,19-21H2,1-15H3/t23-,25-,26+,27?,34-/m0/s1. The number of ether oxygens (including phenoxy) is 3. The summed E-state index contributed by atoms with van der Waals surface area (Å²) < 4.78 is 34.0. The molecule has 3 saturated carbocycles. The minimum absolute atomic E-state index is 0.0393. The molecule has 0 aromatic heterocycles. The number of hydrogen-bond acceptors (Lipinski definition) is 8. The zero-order valence-corrected chi connectivity index (χ0v) is 32.5. The first-order valence-corrected chi connectivity index (χ1v) is 23.5. The summed E-state index contributed by atoms with van der Waals surface area (Å²) in [5.74, 6) is 0.544. The lowest BCUT2D eigenvalue weighted by Gasteiger charge is -2.64. The number of benzene rings is 1. The molecule has 4 aliphatic rings. The number of para-hydroxylation sites is 1. The van der Waals surface area contributed by atoms with Gasteiger partial charge in [0.15, 0.2) is 5.75 Å². The molecular weight excluding hydrogens is 601 g/mol. The van der Waals surface area contributed by atoms with Gasteiger partial charge in [0.05, 0.1) is 11.7 Å². The van der Waals surface area contributed by atoms with Crippen LogP contribution in [0.3, 0.4) is 0 Å². The Hall–Kier alpha value is -1.66. The normalized spacial score (nSPS) is 27.0. The van der Waals surface area contributed by atoms with Crippen LogP contribution in [0.1, 0.15) is 91.1 Å². The Labute approximate surface area is 274 Å². The summed E-state index contributed by atoms with van der Waals surface area (Å²) in [7, 11) is -4.37. The Morgan fingerprint density at radius 3 is 2.04 bits per heavy atom. The van der Waals surface area contributed by atoms with Gasteiger partial charge < -0.3 is 27.8 Å². The predicted octanol–water partition coefficient (Wildman–Crippen LogP) is 8.11. The van der Waals surface area contributed by atoms with E-state index in [9.17, 15) is 9.59 Å². The monoisotopic (exact) mass is 659 g/mol. The highest BCUT2D eigenvalue weighted by Crippen LogP contribution is 2.66. The van der Waals surface area contributed by atoms with Gasteiger partial charge in [0.25, 0.3) is 0 Å². The van der Waals surface area contributed by atoms with Crippen molar-refractivity contribution in [3.05, 3.63) is 29.3 Å². The molecule has 1 saturated heterocycles. The third-order valence-electron chi connectivity index (χ3n) is 9.78. The summed E-state index contributed by atoms with van der Waals surface area (Å²) >= 11 is 0. The lowest BCUT2D eigenvalue weighted by molar-refractivity contribution is -0.199. The molecule has 252 valence electrons. The van der Waals surface area contributed by atoms with Crippen molar-refractivity contribution in [3.8, 4) is 5.75 Å². The van der Waals surface area contributed by atoms with Crippen LogP contribution in [0.5, 0.6) is 5.75 Å². The van der Waals surface area contributed by atoms with Crippen molar-refractivity contribution in [3.63, 3.8) is 0 Å². The maximum Gasteiger partial charge on any atom is 0.514 e. The number of hydrogen-bond donors (Lipinski definition) is 0. The van der Waals surface area contributed by atoms with Gasteiger partial charge in [-0.1, -0.05) is 65.3 Å². The van der Waals surface area contributed by atoms with Crippen LogP contribution in [0.25, 0.3) is 0 Å². The van der Waals surface area contributed by atoms with Gasteiger partial charge >= 0.3 is 19.2 Å². The van der Waals surface area contributed by atoms with E-state index in [2.05, 4.69) is 64.3 Å². The summed E-state index contributed by atoms with van der Waals surface area (Å²) in [4.78, 5) is 26.6. The molecule has 5 rings (SSSR count). The molecule has 1 aromatic carbocycles. The topological polar surface area (TPSA) is 83.5 Å². The molecule has 8 nitrogen and oxygen atoms in total. The first-order chi connectivity index (χ1) is 20.2. The van der Waals surface area contributed by atoms with E-state index in [0.717, 1.165) is 6.42 Å². The zero-order valence-electron chi connectivity index (χ0n) is 30.5. The van der Waals surface area contributed by atoms with E-state index < -0.39 is 46.9 Å². The van der Waals surface area contributed by atoms with Crippen molar-refractivity contribution in [2.75, 3.05) is 0 Å². The summed E-state index contributed by atoms with van der Waals surface area (Å²) in [6, 6.07) is 5.40. The Balaban J connectivity index is 1.81. The first-order valence-electron chi connectivity index (χ1n) is 16.6. The summed E-state index contributed by atoms with van der Waals surface area (Å²) in [5, 5.41) is 0. The molecule has 1 unspecified atom stereocenters. The Kier molecular flexibility index (Phi) is 9.48. The van der Waals surface area contributed by atoms with Crippen LogP contribution in [0.2, 0.25) is 39.3 Å². The van der Waals surface area contributed by atoms with Gasteiger partial charge in [-0.15, -0.1) is 0 Å². The van der Waals surface area contributed by atoms with Gasteiger partial charge in [0, 0.05) is 5.94 Å². The number of esters is 1. The van der Waals surface area contributed by atoms with E-state index in [4.69, 9.17) is 23.5 Å². The van der Waals surface area contributed by atoms with E-state index in [1.165, 1.54) is 6.42 Å². The molecule has 0 radical (unpaired) electrons. The van der Waals surface area contributed by atoms with Gasteiger partial charge in [-0.05, 0) is 96.6 Å². The second-order valence-corrected chi connectivity index (χ2v) is 28.3. The summed E-state index contributed by atoms with van der Waals surface area (Å²) in [6.07, 6.45) is 1.83. The van der Waals surface area contributed by atoms with E-state index in [1.54, 1.807) is 26.8 Å². The highest BCUT2D eigenvalue weighted by Gasteiger charge is 2.69. The lowest BCUT2D eigenvalue weighted by Crippen LogP contribution is -2.68. The van der Waals surface area contributed by atoms with Crippen molar-refractivity contribution < 1.29 is 33.1 Å². The molecule has 1 aliphatic heterocycles. The highest BCUT2D eigenvalue weighted by atomic mass is 28.4. The quantitative estimate of drug-likeness (QED) is 0.157. The van der Waals surface area contributed by atoms with Gasteiger partial charge in [-0.3, -0.25) is 0 Å². The molecular formula is C34H58BNO7Si2. The Morgan fingerprint density at radius 1 is 0.956 bits per heavy atom. The number of nitrogens with zero attached hydrogens (tertiary/aromatic N) is 1. The number of carbonyl (C=O) groups excluding carboxylic acids is 2. The minimum Gasteiger partial charge on any atom is -0.456 e. The molecule has 0 N–H and O–H groups in total. The van der Waals surface area contributed by atoms with E-state index in [0.29, 0.717) is 23.8 Å². The molecule has 45 heavy (non-hydrogen) atoms. The second kappa shape index (κ2) is 11.8. The molecule has 11 heteroatoms. The fourth-order valence-electron chi connectivity index (χ4n) is 8.31. The minimum atomic E-state index is -1.95. The largest absolute Gasteiger partial charge is 0.514 e. The molecule has 2 bridgehead atoms. The maximum absolute atomic E-state index is 13.5. The van der Waals surface area contributed by atoms with E-state index >= 15 is 0 Å². The van der Waals surface area contributed by atoms with Crippen molar-refractivity contribution in [2.45, 2.75) is 150 Å². The maximum atomic E-state index is 13.5. The lowest BCUT2D eigenvalue weighted by atomic mass is 9.43. The molecule has 1 heterocycles. The SMILES string of the molecule is CC(C)(C)OC(=O)Oc1c(CC(B2O[C@@H]3C[C@@H]4C[C@@H](C4(C)C)[C@]3(C)O2)N([Si](C)(C)C)[Si](C)(C)C)cccc1C(=O)OC(C)(C)C. The zero-order chi connectivity index (χ0) is 34.1. The fraction of sp³-hybridized carbons (Fsp3) is 0.765. The van der Waals surface area contributed by atoms with Crippen LogP contribution in [0.15, 0.2) is 18.2 Å². The van der Waals surface area contributed by atoms with Crippen LogP contribution in [-0.4, -0.2) is 68.8 Å². The van der Waals surface area contributed by atoms with Crippen LogP contribution in [-0.2, 0) is 25.2 Å². The van der Waals surface area contributed by atoms with Crippen molar-refractivity contribution in [1.29, 1.82) is 0 Å². The van der Waals surface area contributed by atoms with Crippen LogP contribution in [0, 0.1) is 17.3 Å². The average Bonchev–Trinajstić information content (AvgIpc) is 3.17. The molecule has 0 amide bonds. The molecule has 5 atom stereocenters. The summed E-state index contributed by atoms with van der Waals surface area (Å²) in [5.41, 5.74) is -0.717. The third kappa shape index (κ3) is 7.58. The van der Waals surface area contributed by atoms with Crippen molar-refractivity contribution in [2.24, 2.45) is 17.3 Å². The van der Waals surface area contributed by atoms with Crippen LogP contribution in [0.4, 0.5) is 4.79 Å². The predicted molar refractivity (Wildman–Crippen MR) is 185 cm³/mol. The average molecular weight is 660 g/mol. The van der Waals surface area contributed by atoms with Crippen molar-refractivity contribution in [1.82, 2.24) is 4.23 Å². The van der Waals surface area contributed by atoms with Gasteiger partial charge in [0.1, 0.15) is 33.2 Å². The van der Waals surface area contributed by atoms with Gasteiger partial charge in [0.2, 0.25) is 0 Å². The molecule has 1 aromatic rings. The Morgan fingerprint density at radius 2 is 1.53 bits per heavy atom. The van der Waals surface area contributed by atoms with Crippen molar-refractivity contribution >= 4 is 35.7 Å². The second-order valence-electron chi connectivity index (χ2n) is 18.2. The van der Waals surface area contributed by atoms with Gasteiger partial charge in [-0.2, -0.15) is 0 Å². The summed E-state index contributed by atoms with van der Waals surface area (Å²) in [6.45, 7) is 32.0. The van der Waals surface area contributed by atoms with Crippen LogP contribution >= 0.6 is 0 Å². The molecule has 3 aliphatic carbocycles. The Bertz CT molecular complexity index is 1280. The number of rotatable bonds is 8. The smallest absolute Gasteiger partial charge is 0.456 e. The first kappa shape index (κ1) is 36.2. The third-order valence-corrected chi connectivity index (χ3v) is 17.4. The molecule has 4 fully saturated rings. The number of carbonyl (C=O) groups is 2. The highest BCUT2D eigenvalue weighted by molar-refractivity contribution is 6.90. The fourth-order valence-corrected chi connectivity index (χ4v) is 18.8. The van der Waals surface area contributed by atoms with E-state index in [1.807, 2.05) is 32.9 Å².